The lowest BCUT2D eigenvalue weighted by Gasteiger charge is -2.23. The van der Waals surface area contributed by atoms with Crippen molar-refractivity contribution in [2.75, 3.05) is 6.54 Å². The number of carbonyl (C=O) groups is 1. The van der Waals surface area contributed by atoms with Gasteiger partial charge in [-0.25, -0.2) is 0 Å². The summed E-state index contributed by atoms with van der Waals surface area (Å²) in [4.78, 5) is 15.4. The van der Waals surface area contributed by atoms with Gasteiger partial charge in [-0.15, -0.1) is 0 Å². The molecular weight excluding hydrogens is 422 g/mol. The molecule has 0 spiro atoms. The quantitative estimate of drug-likeness (QED) is 0.184. The Bertz CT molecular complexity index is 830. The molecule has 0 radical (unpaired) electrons. The van der Waals surface area contributed by atoms with Gasteiger partial charge in [0.05, 0.1) is 4.91 Å². The van der Waals surface area contributed by atoms with Crippen molar-refractivity contribution in [1.29, 1.82) is 0 Å². The summed E-state index contributed by atoms with van der Waals surface area (Å²) in [6.45, 7) is 5.00. The third kappa shape index (κ3) is 6.95. The zero-order chi connectivity index (χ0) is 22.1. The summed E-state index contributed by atoms with van der Waals surface area (Å²) >= 11 is 6.91. The van der Waals surface area contributed by atoms with Gasteiger partial charge in [-0.2, -0.15) is 0 Å². The van der Waals surface area contributed by atoms with Gasteiger partial charge in [-0.3, -0.25) is 9.69 Å². The third-order valence-electron chi connectivity index (χ3n) is 5.92. The van der Waals surface area contributed by atoms with E-state index < -0.39 is 0 Å². The summed E-state index contributed by atoms with van der Waals surface area (Å²) in [7, 11) is 0. The van der Waals surface area contributed by atoms with Crippen molar-refractivity contribution >= 4 is 40.3 Å². The highest BCUT2D eigenvalue weighted by Crippen LogP contribution is 2.35. The highest BCUT2D eigenvalue weighted by atomic mass is 32.2. The van der Waals surface area contributed by atoms with E-state index in [2.05, 4.69) is 13.0 Å². The fraction of sp³-hybridized carbons (Fsp3) is 0.538. The molecule has 0 aromatic heterocycles. The van der Waals surface area contributed by atoms with E-state index in [0.29, 0.717) is 9.23 Å². The summed E-state index contributed by atoms with van der Waals surface area (Å²) in [6.07, 6.45) is 16.9. The van der Waals surface area contributed by atoms with Crippen LogP contribution in [0.25, 0.3) is 6.08 Å². The number of fused-ring (bicyclic) bond motifs is 1. The maximum atomic E-state index is 12.9. The van der Waals surface area contributed by atoms with Crippen LogP contribution in [0, 0.1) is 0 Å². The lowest BCUT2D eigenvalue weighted by molar-refractivity contribution is -0.122. The fourth-order valence-corrected chi connectivity index (χ4v) is 5.33. The first-order valence-electron chi connectivity index (χ1n) is 11.8. The van der Waals surface area contributed by atoms with E-state index in [1.165, 1.54) is 63.1 Å². The van der Waals surface area contributed by atoms with E-state index in [9.17, 15) is 4.79 Å². The van der Waals surface area contributed by atoms with Gasteiger partial charge >= 0.3 is 0 Å². The van der Waals surface area contributed by atoms with Crippen molar-refractivity contribution in [3.63, 3.8) is 0 Å². The number of thioether (sulfide) groups is 1. The molecule has 31 heavy (non-hydrogen) atoms. The number of para-hydroxylation sites is 1. The molecule has 1 unspecified atom stereocenters. The average molecular weight is 458 g/mol. The molecule has 1 aromatic rings. The van der Waals surface area contributed by atoms with Crippen LogP contribution in [0.15, 0.2) is 40.8 Å². The predicted octanol–water partition coefficient (Wildman–Crippen LogP) is 7.52. The lowest BCUT2D eigenvalue weighted by atomic mass is 10.0. The van der Waals surface area contributed by atoms with Gasteiger partial charge in [0.25, 0.3) is 5.91 Å². The minimum Gasteiger partial charge on any atom is -0.485 e. The van der Waals surface area contributed by atoms with Crippen LogP contribution in [-0.2, 0) is 4.79 Å². The second-order valence-electron chi connectivity index (χ2n) is 8.46. The zero-order valence-electron chi connectivity index (χ0n) is 18.9. The second kappa shape index (κ2) is 12.4. The Kier molecular flexibility index (Phi) is 9.66. The molecule has 168 valence electrons. The Morgan fingerprint density at radius 2 is 1.68 bits per heavy atom. The van der Waals surface area contributed by atoms with Crippen LogP contribution in [0.4, 0.5) is 0 Å². The number of rotatable bonds is 12. The first kappa shape index (κ1) is 24.1. The maximum absolute atomic E-state index is 12.9. The Morgan fingerprint density at radius 1 is 1.03 bits per heavy atom. The molecule has 0 N–H and O–H groups in total. The van der Waals surface area contributed by atoms with E-state index in [1.54, 1.807) is 4.90 Å². The largest absolute Gasteiger partial charge is 0.485 e. The first-order chi connectivity index (χ1) is 15.1. The van der Waals surface area contributed by atoms with Crippen LogP contribution in [0.3, 0.4) is 0 Å². The predicted molar refractivity (Wildman–Crippen MR) is 136 cm³/mol. The van der Waals surface area contributed by atoms with Crippen molar-refractivity contribution in [2.24, 2.45) is 0 Å². The van der Waals surface area contributed by atoms with Gasteiger partial charge in [0.15, 0.2) is 0 Å². The van der Waals surface area contributed by atoms with Gasteiger partial charge in [-0.05, 0) is 37.1 Å². The number of carbonyl (C=O) groups excluding carboxylic acids is 1. The summed E-state index contributed by atoms with van der Waals surface area (Å²) in [5.41, 5.74) is 2.06. The molecule has 5 heteroatoms. The molecule has 1 fully saturated rings. The molecule has 2 aliphatic heterocycles. The molecule has 2 aliphatic rings. The smallest absolute Gasteiger partial charge is 0.266 e. The Balaban J connectivity index is 1.44. The third-order valence-corrected chi connectivity index (χ3v) is 7.30. The van der Waals surface area contributed by atoms with Crippen molar-refractivity contribution in [3.05, 3.63) is 46.4 Å². The summed E-state index contributed by atoms with van der Waals surface area (Å²) in [6, 6.07) is 7.98. The molecule has 3 nitrogen and oxygen atoms in total. The summed E-state index contributed by atoms with van der Waals surface area (Å²) in [5, 5.41) is 0. The van der Waals surface area contributed by atoms with Crippen LogP contribution in [-0.4, -0.2) is 27.8 Å². The molecular formula is C26H35NO2S2. The van der Waals surface area contributed by atoms with E-state index >= 15 is 0 Å². The van der Waals surface area contributed by atoms with Crippen molar-refractivity contribution in [3.8, 4) is 5.75 Å². The SMILES string of the molecule is CCCCCCCCCCCCN1C(=O)/C(=C\C2=Cc3ccccc3OC2C)SC1=S. The molecule has 0 bridgehead atoms. The highest BCUT2D eigenvalue weighted by molar-refractivity contribution is 8.26. The monoisotopic (exact) mass is 457 g/mol. The normalized spacial score (nSPS) is 19.5. The fourth-order valence-electron chi connectivity index (χ4n) is 4.02. The van der Waals surface area contributed by atoms with Crippen LogP contribution in [0.5, 0.6) is 5.75 Å². The number of hydrogen-bond donors (Lipinski definition) is 0. The second-order valence-corrected chi connectivity index (χ2v) is 10.1. The molecule has 1 amide bonds. The number of thiocarbonyl (C=S) groups is 1. The van der Waals surface area contributed by atoms with Crippen LogP contribution in [0.1, 0.15) is 83.6 Å². The van der Waals surface area contributed by atoms with Crippen molar-refractivity contribution < 1.29 is 9.53 Å². The molecule has 1 aromatic carbocycles. The van der Waals surface area contributed by atoms with Crippen molar-refractivity contribution in [2.45, 2.75) is 84.2 Å². The molecule has 1 saturated heterocycles. The van der Waals surface area contributed by atoms with Gasteiger partial charge < -0.3 is 4.74 Å². The number of nitrogens with zero attached hydrogens (tertiary/aromatic N) is 1. The lowest BCUT2D eigenvalue weighted by Crippen LogP contribution is -2.29. The summed E-state index contributed by atoms with van der Waals surface area (Å²) < 4.78 is 6.68. The molecule has 1 atom stereocenters. The molecule has 0 saturated carbocycles. The van der Waals surface area contributed by atoms with E-state index in [0.717, 1.165) is 36.3 Å². The Hall–Kier alpha value is -1.59. The Labute approximate surface area is 197 Å². The highest BCUT2D eigenvalue weighted by Gasteiger charge is 2.32. The molecule has 2 heterocycles. The standard InChI is InChI=1S/C26H35NO2S2/c1-3-4-5-6-7-8-9-10-11-14-17-27-25(28)24(31-26(27)30)19-22-18-21-15-12-13-16-23(21)29-20(22)2/h12-13,15-16,18-20H,3-11,14,17H2,1-2H3/b24-19+. The summed E-state index contributed by atoms with van der Waals surface area (Å²) in [5.74, 6) is 0.929. The van der Waals surface area contributed by atoms with Crippen LogP contribution < -0.4 is 4.74 Å². The average Bonchev–Trinajstić information content (AvgIpc) is 3.02. The van der Waals surface area contributed by atoms with Gasteiger partial charge in [0.1, 0.15) is 16.2 Å². The topological polar surface area (TPSA) is 29.5 Å². The molecule has 0 aliphatic carbocycles. The van der Waals surface area contributed by atoms with Gasteiger partial charge in [-0.1, -0.05) is 107 Å². The number of benzene rings is 1. The van der Waals surface area contributed by atoms with Crippen LogP contribution >= 0.6 is 24.0 Å². The first-order valence-corrected chi connectivity index (χ1v) is 13.0. The Morgan fingerprint density at radius 3 is 2.39 bits per heavy atom. The van der Waals surface area contributed by atoms with E-state index in [4.69, 9.17) is 17.0 Å². The number of hydrogen-bond acceptors (Lipinski definition) is 4. The van der Waals surface area contributed by atoms with E-state index in [1.807, 2.05) is 37.3 Å². The van der Waals surface area contributed by atoms with Crippen molar-refractivity contribution in [1.82, 2.24) is 4.90 Å². The maximum Gasteiger partial charge on any atom is 0.266 e. The number of unbranched alkanes of at least 4 members (excludes halogenated alkanes) is 9. The zero-order valence-corrected chi connectivity index (χ0v) is 20.5. The molecule has 3 rings (SSSR count). The van der Waals surface area contributed by atoms with Crippen LogP contribution in [0.2, 0.25) is 0 Å². The minimum atomic E-state index is -0.0830. The van der Waals surface area contributed by atoms with Gasteiger partial charge in [0.2, 0.25) is 0 Å². The van der Waals surface area contributed by atoms with Gasteiger partial charge in [0, 0.05) is 12.1 Å². The number of ether oxygens (including phenoxy) is 1. The van der Waals surface area contributed by atoms with E-state index in [-0.39, 0.29) is 12.0 Å². The minimum absolute atomic E-state index is 0.0397. The number of amides is 1.